The minimum Gasteiger partial charge on any atom is -0.378 e. The highest BCUT2D eigenvalue weighted by Gasteiger charge is 2.34. The van der Waals surface area contributed by atoms with Gasteiger partial charge in [-0.3, -0.25) is 9.78 Å². The number of hydrogen-bond donors (Lipinski definition) is 0. The smallest absolute Gasteiger partial charge is 0.378 e. The first-order valence-electron chi connectivity index (χ1n) is 12.0. The number of ether oxygens (including phenoxy) is 1. The van der Waals surface area contributed by atoms with Gasteiger partial charge in [-0.1, -0.05) is 6.07 Å². The Balaban J connectivity index is 1.62. The molecule has 190 valence electrons. The molecular formula is C26H28F3N5O2. The van der Waals surface area contributed by atoms with Crippen molar-refractivity contribution in [3.8, 4) is 0 Å². The molecule has 2 aromatic carbocycles. The van der Waals surface area contributed by atoms with Gasteiger partial charge >= 0.3 is 6.18 Å². The fourth-order valence-electron chi connectivity index (χ4n) is 4.97. The van der Waals surface area contributed by atoms with Gasteiger partial charge < -0.3 is 19.4 Å². The quantitative estimate of drug-likeness (QED) is 0.526. The molecule has 3 aromatic rings. The van der Waals surface area contributed by atoms with Gasteiger partial charge in [0.05, 0.1) is 42.0 Å². The third kappa shape index (κ3) is 4.69. The van der Waals surface area contributed by atoms with E-state index in [0.717, 1.165) is 30.3 Å². The molecule has 7 nitrogen and oxygen atoms in total. The Morgan fingerprint density at radius 3 is 2.61 bits per heavy atom. The van der Waals surface area contributed by atoms with Crippen molar-refractivity contribution in [3.05, 3.63) is 59.3 Å². The lowest BCUT2D eigenvalue weighted by atomic mass is 9.98. The van der Waals surface area contributed by atoms with E-state index in [1.54, 1.807) is 32.4 Å². The number of benzene rings is 2. The van der Waals surface area contributed by atoms with Gasteiger partial charge in [0.25, 0.3) is 5.91 Å². The molecule has 1 unspecified atom stereocenters. The van der Waals surface area contributed by atoms with E-state index in [9.17, 15) is 18.0 Å². The number of anilines is 2. The fraction of sp³-hybridized carbons (Fsp3) is 0.423. The van der Waals surface area contributed by atoms with Crippen LogP contribution < -0.4 is 9.80 Å². The number of nitrogens with zero attached hydrogens (tertiary/aromatic N) is 5. The Labute approximate surface area is 207 Å². The van der Waals surface area contributed by atoms with Crippen molar-refractivity contribution in [3.63, 3.8) is 0 Å². The van der Waals surface area contributed by atoms with Crippen molar-refractivity contribution < 1.29 is 22.7 Å². The number of alkyl halides is 3. The van der Waals surface area contributed by atoms with Gasteiger partial charge in [0, 0.05) is 50.5 Å². The average Bonchev–Trinajstić information content (AvgIpc) is 3.37. The molecule has 1 aromatic heterocycles. The van der Waals surface area contributed by atoms with E-state index in [1.165, 1.54) is 17.0 Å². The molecular weight excluding hydrogens is 471 g/mol. The van der Waals surface area contributed by atoms with Gasteiger partial charge in [0.1, 0.15) is 5.82 Å². The first kappa shape index (κ1) is 24.3. The number of fused-ring (bicyclic) bond motifs is 1. The SMILES string of the molecule is CN(C)C(=O)c1cc(C2CCCN2c2cccc(C(F)(F)F)c2)c2nc(N3CCOCC3)cnc2c1. The summed E-state index contributed by atoms with van der Waals surface area (Å²) in [4.78, 5) is 28.1. The Hall–Kier alpha value is -3.40. The number of aromatic nitrogens is 2. The maximum Gasteiger partial charge on any atom is 0.416 e. The van der Waals surface area contributed by atoms with Crippen molar-refractivity contribution in [1.29, 1.82) is 0 Å². The summed E-state index contributed by atoms with van der Waals surface area (Å²) in [6, 6.07) is 8.75. The monoisotopic (exact) mass is 499 g/mol. The van der Waals surface area contributed by atoms with Gasteiger partial charge in [-0.2, -0.15) is 13.2 Å². The van der Waals surface area contributed by atoms with Gasteiger partial charge in [0.15, 0.2) is 0 Å². The Morgan fingerprint density at radius 1 is 1.11 bits per heavy atom. The zero-order chi connectivity index (χ0) is 25.4. The normalized spacial score (nSPS) is 18.6. The third-order valence-corrected chi connectivity index (χ3v) is 6.77. The van der Waals surface area contributed by atoms with Crippen LogP contribution in [0.2, 0.25) is 0 Å². The molecule has 1 atom stereocenters. The second-order valence-corrected chi connectivity index (χ2v) is 9.36. The number of amides is 1. The zero-order valence-corrected chi connectivity index (χ0v) is 20.3. The summed E-state index contributed by atoms with van der Waals surface area (Å²) in [5.41, 5.74) is 2.36. The molecule has 2 aliphatic heterocycles. The predicted octanol–water partition coefficient (Wildman–Crippen LogP) is 4.53. The summed E-state index contributed by atoms with van der Waals surface area (Å²) in [5.74, 6) is 0.558. The summed E-state index contributed by atoms with van der Waals surface area (Å²) in [5, 5.41) is 0. The van der Waals surface area contributed by atoms with E-state index in [-0.39, 0.29) is 11.9 Å². The predicted molar refractivity (Wildman–Crippen MR) is 131 cm³/mol. The fourth-order valence-corrected chi connectivity index (χ4v) is 4.97. The van der Waals surface area contributed by atoms with Gasteiger partial charge in [-0.25, -0.2) is 4.98 Å². The summed E-state index contributed by atoms with van der Waals surface area (Å²) < 4.78 is 45.7. The Bertz CT molecular complexity index is 1270. The Morgan fingerprint density at radius 2 is 1.89 bits per heavy atom. The van der Waals surface area contributed by atoms with Crippen LogP contribution in [0.4, 0.5) is 24.7 Å². The van der Waals surface area contributed by atoms with Gasteiger partial charge in [0.2, 0.25) is 0 Å². The van der Waals surface area contributed by atoms with Crippen LogP contribution in [0.3, 0.4) is 0 Å². The lowest BCUT2D eigenvalue weighted by Gasteiger charge is -2.30. The molecule has 0 saturated carbocycles. The lowest BCUT2D eigenvalue weighted by molar-refractivity contribution is -0.137. The number of morpholine rings is 1. The lowest BCUT2D eigenvalue weighted by Crippen LogP contribution is -2.36. The number of halogens is 3. The van der Waals surface area contributed by atoms with E-state index in [2.05, 4.69) is 9.88 Å². The molecule has 0 aliphatic carbocycles. The second-order valence-electron chi connectivity index (χ2n) is 9.36. The maximum absolute atomic E-state index is 13.4. The number of carbonyl (C=O) groups excluding carboxylic acids is 1. The first-order chi connectivity index (χ1) is 17.2. The molecule has 10 heteroatoms. The molecule has 2 aliphatic rings. The zero-order valence-electron chi connectivity index (χ0n) is 20.3. The highest BCUT2D eigenvalue weighted by atomic mass is 19.4. The third-order valence-electron chi connectivity index (χ3n) is 6.77. The van der Waals surface area contributed by atoms with Crippen LogP contribution in [0.5, 0.6) is 0 Å². The molecule has 0 bridgehead atoms. The van der Waals surface area contributed by atoms with Crippen molar-refractivity contribution in [1.82, 2.24) is 14.9 Å². The first-order valence-corrected chi connectivity index (χ1v) is 12.0. The minimum atomic E-state index is -4.42. The molecule has 0 spiro atoms. The van der Waals surface area contributed by atoms with Crippen LogP contribution in [0.1, 0.15) is 40.4 Å². The minimum absolute atomic E-state index is 0.166. The van der Waals surface area contributed by atoms with Crippen LogP contribution in [0.15, 0.2) is 42.6 Å². The van der Waals surface area contributed by atoms with Gasteiger partial charge in [-0.05, 0) is 43.2 Å². The van der Waals surface area contributed by atoms with Crippen molar-refractivity contribution >= 4 is 28.4 Å². The summed E-state index contributed by atoms with van der Waals surface area (Å²) in [6.07, 6.45) is -1.17. The van der Waals surface area contributed by atoms with Crippen LogP contribution in [0, 0.1) is 0 Å². The van der Waals surface area contributed by atoms with E-state index in [0.29, 0.717) is 55.1 Å². The molecule has 1 amide bonds. The molecule has 5 rings (SSSR count). The van der Waals surface area contributed by atoms with E-state index in [1.807, 2.05) is 11.0 Å². The topological polar surface area (TPSA) is 61.8 Å². The largest absolute Gasteiger partial charge is 0.416 e. The highest BCUT2D eigenvalue weighted by Crippen LogP contribution is 2.41. The molecule has 2 saturated heterocycles. The Kier molecular flexibility index (Phi) is 6.46. The van der Waals surface area contributed by atoms with E-state index >= 15 is 0 Å². The standard InChI is InChI=1S/C26H28F3N5O2/c1-32(2)25(35)17-13-20(24-21(14-17)30-16-23(31-24)33-9-11-36-12-10-33)22-7-4-8-34(22)19-6-3-5-18(15-19)26(27,28)29/h3,5-6,13-16,22H,4,7-12H2,1-2H3. The second kappa shape index (κ2) is 9.57. The summed E-state index contributed by atoms with van der Waals surface area (Å²) in [6.45, 7) is 3.22. The summed E-state index contributed by atoms with van der Waals surface area (Å²) >= 11 is 0. The van der Waals surface area contributed by atoms with Gasteiger partial charge in [-0.15, -0.1) is 0 Å². The molecule has 0 radical (unpaired) electrons. The van der Waals surface area contributed by atoms with Crippen LogP contribution >= 0.6 is 0 Å². The highest BCUT2D eigenvalue weighted by molar-refractivity contribution is 5.98. The number of hydrogen-bond acceptors (Lipinski definition) is 6. The summed E-state index contributed by atoms with van der Waals surface area (Å²) in [7, 11) is 3.37. The van der Waals surface area contributed by atoms with Crippen LogP contribution in [-0.4, -0.2) is 67.7 Å². The van der Waals surface area contributed by atoms with Crippen molar-refractivity contribution in [2.75, 3.05) is 56.7 Å². The van der Waals surface area contributed by atoms with Crippen molar-refractivity contribution in [2.24, 2.45) is 0 Å². The van der Waals surface area contributed by atoms with E-state index < -0.39 is 11.7 Å². The molecule has 2 fully saturated rings. The average molecular weight is 500 g/mol. The molecule has 3 heterocycles. The number of carbonyl (C=O) groups is 1. The van der Waals surface area contributed by atoms with E-state index in [4.69, 9.17) is 9.72 Å². The van der Waals surface area contributed by atoms with Crippen LogP contribution in [0.25, 0.3) is 11.0 Å². The molecule has 36 heavy (non-hydrogen) atoms. The number of rotatable bonds is 4. The maximum atomic E-state index is 13.4. The van der Waals surface area contributed by atoms with Crippen molar-refractivity contribution in [2.45, 2.75) is 25.1 Å². The van der Waals surface area contributed by atoms with Crippen LogP contribution in [-0.2, 0) is 10.9 Å². The molecule has 0 N–H and O–H groups in total.